The van der Waals surface area contributed by atoms with Crippen molar-refractivity contribution in [2.24, 2.45) is 0 Å². The Balaban J connectivity index is 1.22. The number of likely N-dealkylation sites (tertiary alicyclic amines) is 1. The van der Waals surface area contributed by atoms with E-state index in [0.717, 1.165) is 50.9 Å². The molecule has 0 amide bonds. The highest BCUT2D eigenvalue weighted by Gasteiger charge is 2.23. The second-order valence-electron chi connectivity index (χ2n) is 8.64. The first-order valence-electron chi connectivity index (χ1n) is 11.4. The van der Waals surface area contributed by atoms with Crippen LogP contribution in [-0.4, -0.2) is 47.1 Å². The van der Waals surface area contributed by atoms with Crippen LogP contribution in [0.5, 0.6) is 0 Å². The second kappa shape index (κ2) is 9.00. The zero-order valence-corrected chi connectivity index (χ0v) is 17.6. The predicted molar refractivity (Wildman–Crippen MR) is 124 cm³/mol. The van der Waals surface area contributed by atoms with Gasteiger partial charge in [0, 0.05) is 45.0 Å². The number of anilines is 2. The molecule has 1 atom stereocenters. The summed E-state index contributed by atoms with van der Waals surface area (Å²) in [5, 5.41) is 6.29. The first kappa shape index (κ1) is 19.3. The maximum atomic E-state index is 4.84. The van der Waals surface area contributed by atoms with Crippen LogP contribution >= 0.6 is 0 Å². The van der Waals surface area contributed by atoms with E-state index in [9.17, 15) is 0 Å². The first-order valence-corrected chi connectivity index (χ1v) is 11.4. The largest absolute Gasteiger partial charge is 0.356 e. The lowest BCUT2D eigenvalue weighted by Crippen LogP contribution is -2.28. The molecule has 30 heavy (non-hydrogen) atoms. The van der Waals surface area contributed by atoms with E-state index in [1.165, 1.54) is 42.0 Å². The van der Waals surface area contributed by atoms with Gasteiger partial charge in [0.25, 0.3) is 0 Å². The molecule has 1 unspecified atom stereocenters. The van der Waals surface area contributed by atoms with E-state index in [-0.39, 0.29) is 0 Å². The fourth-order valence-electron chi connectivity index (χ4n) is 4.84. The Morgan fingerprint density at radius 3 is 2.63 bits per heavy atom. The minimum atomic E-state index is 0.402. The van der Waals surface area contributed by atoms with Crippen molar-refractivity contribution in [3.63, 3.8) is 0 Å². The summed E-state index contributed by atoms with van der Waals surface area (Å²) in [5.41, 5.74) is 1.41. The monoisotopic (exact) mass is 401 g/mol. The molecule has 5 rings (SSSR count). The summed E-state index contributed by atoms with van der Waals surface area (Å²) in [6.07, 6.45) is 8.22. The number of rotatable bonds is 5. The standard InChI is InChI=1S/C25H31N5/c1-2-6-16-30(15-5-1)24-12-14-26-25(28-24)27-22-13-17-29(19-22)18-21-10-7-9-20-8-3-4-11-23(20)21/h3-4,7-12,14,22H,1-2,5-6,13,15-19H2,(H,26,27,28). The van der Waals surface area contributed by atoms with Gasteiger partial charge in [-0.1, -0.05) is 55.3 Å². The van der Waals surface area contributed by atoms with Crippen molar-refractivity contribution >= 4 is 22.5 Å². The topological polar surface area (TPSA) is 44.3 Å². The third kappa shape index (κ3) is 4.41. The Morgan fingerprint density at radius 2 is 1.73 bits per heavy atom. The lowest BCUT2D eigenvalue weighted by atomic mass is 10.0. The van der Waals surface area contributed by atoms with Crippen molar-refractivity contribution in [3.8, 4) is 0 Å². The fourth-order valence-corrected chi connectivity index (χ4v) is 4.84. The van der Waals surface area contributed by atoms with E-state index >= 15 is 0 Å². The quantitative estimate of drug-likeness (QED) is 0.672. The molecule has 0 aliphatic carbocycles. The van der Waals surface area contributed by atoms with Crippen LogP contribution < -0.4 is 10.2 Å². The normalized spacial score (nSPS) is 20.4. The van der Waals surface area contributed by atoms with Gasteiger partial charge in [0.15, 0.2) is 0 Å². The summed E-state index contributed by atoms with van der Waals surface area (Å²) in [4.78, 5) is 14.3. The van der Waals surface area contributed by atoms with Gasteiger partial charge in [-0.2, -0.15) is 4.98 Å². The summed E-state index contributed by atoms with van der Waals surface area (Å²) in [7, 11) is 0. The fraction of sp³-hybridized carbons (Fsp3) is 0.440. The van der Waals surface area contributed by atoms with Crippen molar-refractivity contribution in [1.29, 1.82) is 0 Å². The van der Waals surface area contributed by atoms with E-state index < -0.39 is 0 Å². The van der Waals surface area contributed by atoms with Crippen molar-refractivity contribution in [2.45, 2.75) is 44.7 Å². The number of hydrogen-bond donors (Lipinski definition) is 1. The van der Waals surface area contributed by atoms with Gasteiger partial charge < -0.3 is 10.2 Å². The highest BCUT2D eigenvalue weighted by Crippen LogP contribution is 2.23. The van der Waals surface area contributed by atoms with Gasteiger partial charge in [-0.15, -0.1) is 0 Å². The molecule has 5 nitrogen and oxygen atoms in total. The van der Waals surface area contributed by atoms with Crippen LogP contribution in [0.25, 0.3) is 10.8 Å². The van der Waals surface area contributed by atoms with Crippen molar-refractivity contribution in [2.75, 3.05) is 36.4 Å². The Labute approximate surface area is 179 Å². The van der Waals surface area contributed by atoms with E-state index in [1.807, 2.05) is 6.20 Å². The Hall–Kier alpha value is -2.66. The van der Waals surface area contributed by atoms with Gasteiger partial charge in [0.1, 0.15) is 5.82 Å². The van der Waals surface area contributed by atoms with Crippen LogP contribution in [0.1, 0.15) is 37.7 Å². The highest BCUT2D eigenvalue weighted by molar-refractivity contribution is 5.85. The van der Waals surface area contributed by atoms with Crippen LogP contribution in [0.4, 0.5) is 11.8 Å². The van der Waals surface area contributed by atoms with E-state index in [0.29, 0.717) is 6.04 Å². The molecule has 0 bridgehead atoms. The predicted octanol–water partition coefficient (Wildman–Crippen LogP) is 4.70. The van der Waals surface area contributed by atoms with E-state index in [2.05, 4.69) is 68.6 Å². The number of benzene rings is 2. The third-order valence-electron chi connectivity index (χ3n) is 6.45. The Kier molecular flexibility index (Phi) is 5.80. The molecule has 1 N–H and O–H groups in total. The molecule has 0 radical (unpaired) electrons. The van der Waals surface area contributed by atoms with Gasteiger partial charge in [0.05, 0.1) is 0 Å². The molecule has 2 aliphatic rings. The van der Waals surface area contributed by atoms with Crippen LogP contribution in [0.3, 0.4) is 0 Å². The molecule has 156 valence electrons. The molecule has 2 aliphatic heterocycles. The molecule has 2 saturated heterocycles. The minimum Gasteiger partial charge on any atom is -0.356 e. The van der Waals surface area contributed by atoms with Crippen LogP contribution in [0, 0.1) is 0 Å². The van der Waals surface area contributed by atoms with Gasteiger partial charge in [-0.05, 0) is 41.7 Å². The van der Waals surface area contributed by atoms with Gasteiger partial charge in [0.2, 0.25) is 5.95 Å². The van der Waals surface area contributed by atoms with Gasteiger partial charge >= 0.3 is 0 Å². The third-order valence-corrected chi connectivity index (χ3v) is 6.45. The summed E-state index contributed by atoms with van der Waals surface area (Å²) in [6.45, 7) is 5.35. The molecule has 2 fully saturated rings. The average Bonchev–Trinajstić information content (AvgIpc) is 3.04. The van der Waals surface area contributed by atoms with E-state index in [1.54, 1.807) is 0 Å². The maximum absolute atomic E-state index is 4.84. The Morgan fingerprint density at radius 1 is 0.900 bits per heavy atom. The van der Waals surface area contributed by atoms with Crippen molar-refractivity contribution < 1.29 is 0 Å². The second-order valence-corrected chi connectivity index (χ2v) is 8.64. The van der Waals surface area contributed by atoms with Crippen LogP contribution in [0.2, 0.25) is 0 Å². The Bertz CT molecular complexity index is 975. The number of hydrogen-bond acceptors (Lipinski definition) is 5. The van der Waals surface area contributed by atoms with E-state index in [4.69, 9.17) is 4.98 Å². The first-order chi connectivity index (χ1) is 14.8. The lowest BCUT2D eigenvalue weighted by Gasteiger charge is -2.22. The zero-order chi connectivity index (χ0) is 20.2. The summed E-state index contributed by atoms with van der Waals surface area (Å²) < 4.78 is 0. The molecule has 3 heterocycles. The molecule has 3 aromatic rings. The molecule has 5 heteroatoms. The van der Waals surface area contributed by atoms with Crippen LogP contribution in [0.15, 0.2) is 54.7 Å². The van der Waals surface area contributed by atoms with Gasteiger partial charge in [-0.3, -0.25) is 4.90 Å². The van der Waals surface area contributed by atoms with Gasteiger partial charge in [-0.25, -0.2) is 4.98 Å². The van der Waals surface area contributed by atoms with Crippen molar-refractivity contribution in [3.05, 3.63) is 60.3 Å². The number of nitrogens with one attached hydrogen (secondary N) is 1. The molecular weight excluding hydrogens is 370 g/mol. The molecule has 0 saturated carbocycles. The summed E-state index contributed by atoms with van der Waals surface area (Å²) >= 11 is 0. The van der Waals surface area contributed by atoms with Crippen LogP contribution in [-0.2, 0) is 6.54 Å². The molecule has 2 aromatic carbocycles. The highest BCUT2D eigenvalue weighted by atomic mass is 15.3. The zero-order valence-electron chi connectivity index (χ0n) is 17.6. The summed E-state index contributed by atoms with van der Waals surface area (Å²) in [6, 6.07) is 17.8. The smallest absolute Gasteiger partial charge is 0.224 e. The molecule has 1 aromatic heterocycles. The van der Waals surface area contributed by atoms with Crippen molar-refractivity contribution in [1.82, 2.24) is 14.9 Å². The minimum absolute atomic E-state index is 0.402. The average molecular weight is 402 g/mol. The SMILES string of the molecule is c1ccc2c(CN3CCC(Nc4nccc(N5CCCCCC5)n4)C3)cccc2c1. The molecule has 0 spiro atoms. The summed E-state index contributed by atoms with van der Waals surface area (Å²) in [5.74, 6) is 1.84. The number of aromatic nitrogens is 2. The number of nitrogens with zero attached hydrogens (tertiary/aromatic N) is 4. The lowest BCUT2D eigenvalue weighted by molar-refractivity contribution is 0.330. The maximum Gasteiger partial charge on any atom is 0.224 e. The number of fused-ring (bicyclic) bond motifs is 1. The molecular formula is C25H31N5.